The van der Waals surface area contributed by atoms with Crippen LogP contribution in [0.3, 0.4) is 0 Å². The Balaban J connectivity index is 1.48. The van der Waals surface area contributed by atoms with Gasteiger partial charge in [0.25, 0.3) is 11.1 Å². The molecule has 2 N–H and O–H groups in total. The first-order valence-electron chi connectivity index (χ1n) is 13.4. The van der Waals surface area contributed by atoms with E-state index in [4.69, 9.17) is 19.2 Å². The average Bonchev–Trinajstić information content (AvgIpc) is 3.48. The van der Waals surface area contributed by atoms with Crippen LogP contribution in [0.5, 0.6) is 17.2 Å². The molecule has 1 saturated heterocycles. The van der Waals surface area contributed by atoms with Crippen LogP contribution in [-0.4, -0.2) is 64.1 Å². The molecule has 0 saturated carbocycles. The Labute approximate surface area is 229 Å². The van der Waals surface area contributed by atoms with Gasteiger partial charge in [-0.2, -0.15) is 0 Å². The summed E-state index contributed by atoms with van der Waals surface area (Å²) in [6.07, 6.45) is 0.764. The lowest BCUT2D eigenvalue weighted by molar-refractivity contribution is 0.195. The van der Waals surface area contributed by atoms with Gasteiger partial charge in [-0.05, 0) is 48.4 Å². The zero-order valence-electron chi connectivity index (χ0n) is 22.5. The third-order valence-corrected chi connectivity index (χ3v) is 8.09. The summed E-state index contributed by atoms with van der Waals surface area (Å²) in [5, 5.41) is 3.78. The molecule has 40 heavy (non-hydrogen) atoms. The molecule has 0 spiro atoms. The van der Waals surface area contributed by atoms with Crippen molar-refractivity contribution in [2.24, 2.45) is 0 Å². The Bertz CT molecular complexity index is 1910. The first kappa shape index (κ1) is 24.5. The monoisotopic (exact) mass is 539 g/mol. The molecule has 7 rings (SSSR count). The van der Waals surface area contributed by atoms with Gasteiger partial charge in [0.05, 0.1) is 37.2 Å². The minimum atomic E-state index is -0.350. The lowest BCUT2D eigenvalue weighted by Crippen LogP contribution is -2.33. The largest absolute Gasteiger partial charge is 0.493 e. The van der Waals surface area contributed by atoms with E-state index in [0.29, 0.717) is 57.8 Å². The SMILES string of the molecule is COc1ccc(-c2cc3c4nc(c(=O)[nH]c4c2)-c2cccc4c(=O)n([nH]c24)CCN2CC(C[C@H]2C)O3)cc1OC. The highest BCUT2D eigenvalue weighted by molar-refractivity contribution is 5.94. The van der Waals surface area contributed by atoms with E-state index in [1.807, 2.05) is 36.4 Å². The predicted molar refractivity (Wildman–Crippen MR) is 153 cm³/mol. The van der Waals surface area contributed by atoms with Crippen molar-refractivity contribution in [3.05, 3.63) is 69.2 Å². The van der Waals surface area contributed by atoms with Crippen LogP contribution in [0.25, 0.3) is 44.3 Å². The van der Waals surface area contributed by atoms with Crippen LogP contribution in [0.15, 0.2) is 58.1 Å². The minimum absolute atomic E-state index is 0.0715. The summed E-state index contributed by atoms with van der Waals surface area (Å²) in [6.45, 7) is 4.11. The van der Waals surface area contributed by atoms with Crippen molar-refractivity contribution in [3.8, 4) is 39.6 Å². The number of hydrogen-bond acceptors (Lipinski definition) is 7. The highest BCUT2D eigenvalue weighted by atomic mass is 16.5. The number of aromatic amines is 2. The van der Waals surface area contributed by atoms with Crippen molar-refractivity contribution < 1.29 is 14.2 Å². The quantitative estimate of drug-likeness (QED) is 0.359. The van der Waals surface area contributed by atoms with E-state index >= 15 is 0 Å². The summed E-state index contributed by atoms with van der Waals surface area (Å²) >= 11 is 0. The molecular formula is C30H29N5O5. The molecule has 6 bridgehead atoms. The van der Waals surface area contributed by atoms with E-state index in [9.17, 15) is 9.59 Å². The van der Waals surface area contributed by atoms with Crippen molar-refractivity contribution in [3.63, 3.8) is 0 Å². The Hall–Kier alpha value is -4.57. The van der Waals surface area contributed by atoms with E-state index in [2.05, 4.69) is 21.9 Å². The average molecular weight is 540 g/mol. The molecule has 5 aromatic rings. The molecule has 0 radical (unpaired) electrons. The van der Waals surface area contributed by atoms with Crippen LogP contribution in [0.1, 0.15) is 13.3 Å². The number of fused-ring (bicyclic) bond motifs is 5. The van der Waals surface area contributed by atoms with Gasteiger partial charge in [0, 0.05) is 31.1 Å². The van der Waals surface area contributed by atoms with Gasteiger partial charge in [-0.1, -0.05) is 18.2 Å². The van der Waals surface area contributed by atoms with Crippen molar-refractivity contribution in [2.75, 3.05) is 27.3 Å². The molecule has 2 aromatic heterocycles. The molecule has 0 amide bonds. The van der Waals surface area contributed by atoms with Crippen molar-refractivity contribution >= 4 is 21.9 Å². The van der Waals surface area contributed by atoms with Gasteiger partial charge in [-0.3, -0.25) is 24.3 Å². The first-order chi connectivity index (χ1) is 19.4. The first-order valence-corrected chi connectivity index (χ1v) is 13.4. The summed E-state index contributed by atoms with van der Waals surface area (Å²) in [6, 6.07) is 15.2. The molecule has 10 heteroatoms. The number of methoxy groups -OCH3 is 2. The number of nitrogens with one attached hydrogen (secondary N) is 2. The summed E-state index contributed by atoms with van der Waals surface area (Å²) in [4.78, 5) is 36.9. The normalized spacial score (nSPS) is 20.1. The summed E-state index contributed by atoms with van der Waals surface area (Å²) in [5.74, 6) is 1.83. The van der Waals surface area contributed by atoms with E-state index in [1.54, 1.807) is 31.0 Å². The maximum atomic E-state index is 13.5. The van der Waals surface area contributed by atoms with Gasteiger partial charge in [0.1, 0.15) is 23.1 Å². The second-order valence-electron chi connectivity index (χ2n) is 10.5. The molecule has 3 aromatic carbocycles. The molecule has 0 aliphatic carbocycles. The van der Waals surface area contributed by atoms with Crippen molar-refractivity contribution in [1.82, 2.24) is 24.6 Å². The summed E-state index contributed by atoms with van der Waals surface area (Å²) < 4.78 is 19.2. The van der Waals surface area contributed by atoms with Crippen molar-refractivity contribution in [1.29, 1.82) is 0 Å². The fourth-order valence-corrected chi connectivity index (χ4v) is 6.00. The fourth-order valence-electron chi connectivity index (χ4n) is 6.00. The third-order valence-electron chi connectivity index (χ3n) is 8.09. The maximum Gasteiger partial charge on any atom is 0.275 e. The number of benzene rings is 3. The number of H-pyrrole nitrogens is 2. The number of nitrogens with zero attached hydrogens (tertiary/aromatic N) is 3. The molecule has 3 atom stereocenters. The number of para-hydroxylation sites is 1. The summed E-state index contributed by atoms with van der Waals surface area (Å²) in [5.41, 5.74) is 3.79. The van der Waals surface area contributed by atoms with Gasteiger partial charge in [-0.25, -0.2) is 4.98 Å². The fraction of sp³-hybridized carbons (Fsp3) is 0.300. The number of rotatable bonds is 3. The van der Waals surface area contributed by atoms with Crippen LogP contribution in [0.4, 0.5) is 0 Å². The molecule has 1 fully saturated rings. The highest BCUT2D eigenvalue weighted by Crippen LogP contribution is 2.37. The van der Waals surface area contributed by atoms with E-state index in [0.717, 1.165) is 24.1 Å². The lowest BCUT2D eigenvalue weighted by Gasteiger charge is -2.21. The van der Waals surface area contributed by atoms with Gasteiger partial charge < -0.3 is 19.2 Å². The zero-order valence-corrected chi connectivity index (χ0v) is 22.5. The van der Waals surface area contributed by atoms with Crippen LogP contribution < -0.4 is 25.3 Å². The number of ether oxygens (including phenoxy) is 3. The second kappa shape index (κ2) is 9.27. The van der Waals surface area contributed by atoms with E-state index < -0.39 is 0 Å². The number of hydrogen-bond donors (Lipinski definition) is 2. The van der Waals surface area contributed by atoms with Gasteiger partial charge in [0.15, 0.2) is 11.5 Å². The van der Waals surface area contributed by atoms with Crippen LogP contribution in [0, 0.1) is 0 Å². The molecule has 2 aliphatic rings. The minimum Gasteiger partial charge on any atom is -0.493 e. The van der Waals surface area contributed by atoms with Gasteiger partial charge >= 0.3 is 0 Å². The molecule has 4 heterocycles. The van der Waals surface area contributed by atoms with E-state index in [1.165, 1.54) is 0 Å². The Morgan fingerprint density at radius 1 is 1.00 bits per heavy atom. The lowest BCUT2D eigenvalue weighted by atomic mass is 10.0. The smallest absolute Gasteiger partial charge is 0.275 e. The molecule has 2 aliphatic heterocycles. The Morgan fingerprint density at radius 3 is 2.67 bits per heavy atom. The molecule has 10 nitrogen and oxygen atoms in total. The standard InChI is InChI=1S/C30H29N5O5/c1-16-11-19-15-34(16)9-10-35-30(37)21-6-4-5-20(26(21)33-35)27-29(36)31-22-12-18(14-25(40-19)28(22)32-27)17-7-8-23(38-2)24(13-17)39-3/h4-8,12-14,16,19,33H,9-11,15H2,1-3H3,(H,31,36)/t16-,19?/m1/s1. The zero-order chi connectivity index (χ0) is 27.5. The van der Waals surface area contributed by atoms with Crippen LogP contribution in [0.2, 0.25) is 0 Å². The van der Waals surface area contributed by atoms with Crippen molar-refractivity contribution in [2.45, 2.75) is 32.0 Å². The maximum absolute atomic E-state index is 13.5. The van der Waals surface area contributed by atoms with Gasteiger partial charge in [0.2, 0.25) is 0 Å². The van der Waals surface area contributed by atoms with Gasteiger partial charge in [-0.15, -0.1) is 0 Å². The predicted octanol–water partition coefficient (Wildman–Crippen LogP) is 3.77. The van der Waals surface area contributed by atoms with Crippen LogP contribution in [-0.2, 0) is 6.54 Å². The Kier molecular flexibility index (Phi) is 5.67. The Morgan fingerprint density at radius 2 is 1.85 bits per heavy atom. The molecule has 204 valence electrons. The van der Waals surface area contributed by atoms with E-state index in [-0.39, 0.29) is 29.0 Å². The summed E-state index contributed by atoms with van der Waals surface area (Å²) in [7, 11) is 3.20. The molecular weight excluding hydrogens is 510 g/mol. The molecule has 2 unspecified atom stereocenters. The topological polar surface area (TPSA) is 114 Å². The van der Waals surface area contributed by atoms with Crippen LogP contribution >= 0.6 is 0 Å². The number of aromatic nitrogens is 4. The highest BCUT2D eigenvalue weighted by Gasteiger charge is 2.31. The second-order valence-corrected chi connectivity index (χ2v) is 10.5. The third kappa shape index (κ3) is 3.86.